The van der Waals surface area contributed by atoms with Crippen LogP contribution in [-0.4, -0.2) is 104 Å². The van der Waals surface area contributed by atoms with Gasteiger partial charge in [0.15, 0.2) is 5.13 Å². The number of carbonyl (C=O) groups is 1. The molecule has 2 saturated heterocycles. The first-order chi connectivity index (χ1) is 23.3. The number of amides is 1. The number of aliphatic hydroxyl groups is 1. The Morgan fingerprint density at radius 1 is 1.04 bits per heavy atom. The van der Waals surface area contributed by atoms with Crippen LogP contribution in [0.15, 0.2) is 55.0 Å². The van der Waals surface area contributed by atoms with Crippen LogP contribution in [0.4, 0.5) is 21.3 Å². The summed E-state index contributed by atoms with van der Waals surface area (Å²) < 4.78 is 15.6. The number of aryl methyl sites for hydroxylation is 1. The number of halogens is 1. The first kappa shape index (κ1) is 31.6. The number of carbonyl (C=O) groups excluding carboxylic acids is 1. The summed E-state index contributed by atoms with van der Waals surface area (Å²) in [4.78, 5) is 40.1. The molecule has 0 radical (unpaired) electrons. The molecule has 48 heavy (non-hydrogen) atoms. The molecule has 1 amide bonds. The van der Waals surface area contributed by atoms with Crippen LogP contribution < -0.4 is 9.80 Å². The van der Waals surface area contributed by atoms with Gasteiger partial charge < -0.3 is 19.8 Å². The molecule has 2 fully saturated rings. The molecule has 2 aliphatic heterocycles. The highest BCUT2D eigenvalue weighted by Crippen LogP contribution is 2.37. The minimum Gasteiger partial charge on any atom is -0.391 e. The summed E-state index contributed by atoms with van der Waals surface area (Å²) >= 11 is 1.28. The van der Waals surface area contributed by atoms with Gasteiger partial charge >= 0.3 is 0 Å². The predicted octanol–water partition coefficient (Wildman–Crippen LogP) is 3.97. The Hall–Kier alpha value is -4.97. The Morgan fingerprint density at radius 2 is 1.77 bits per heavy atom. The standard InChI is InChI=1S/C34H35FN10O2S/c1-3-27-32(41(2)34-40-31(28(16-36)48-34)22-4-7-25(35)8-5-22)45-19-23(6-9-29(45)39-27)24-17-37-33(38-18-24)43-14-12-42(13-15-43)21-30(47)44-11-10-26(46)20-44/h4-9,17-19,26,46H,3,10-15,20-21H2,1-2H3. The first-order valence-corrected chi connectivity index (χ1v) is 16.8. The molecule has 1 unspecified atom stereocenters. The molecule has 1 N–H and O–H groups in total. The van der Waals surface area contributed by atoms with Gasteiger partial charge in [-0.05, 0) is 49.2 Å². The van der Waals surface area contributed by atoms with Gasteiger partial charge in [-0.3, -0.25) is 14.1 Å². The summed E-state index contributed by atoms with van der Waals surface area (Å²) in [6, 6.07) is 12.2. The number of piperazine rings is 1. The van der Waals surface area contributed by atoms with Gasteiger partial charge in [-0.1, -0.05) is 18.3 Å². The molecule has 0 aliphatic carbocycles. The molecule has 246 valence electrons. The summed E-state index contributed by atoms with van der Waals surface area (Å²) in [5.41, 5.74) is 4.65. The average Bonchev–Trinajstić information content (AvgIpc) is 3.85. The smallest absolute Gasteiger partial charge is 0.236 e. The van der Waals surface area contributed by atoms with Crippen molar-refractivity contribution >= 4 is 39.8 Å². The fourth-order valence-corrected chi connectivity index (χ4v) is 7.11. The normalized spacial score (nSPS) is 16.9. The van der Waals surface area contributed by atoms with Crippen LogP contribution in [0.1, 0.15) is 23.9 Å². The Morgan fingerprint density at radius 3 is 2.44 bits per heavy atom. The van der Waals surface area contributed by atoms with Gasteiger partial charge in [-0.25, -0.2) is 24.3 Å². The lowest BCUT2D eigenvalue weighted by molar-refractivity contribution is -0.131. The summed E-state index contributed by atoms with van der Waals surface area (Å²) in [5, 5.41) is 20.2. The summed E-state index contributed by atoms with van der Waals surface area (Å²) in [6.07, 6.45) is 6.61. The third-order valence-corrected chi connectivity index (χ3v) is 9.98. The van der Waals surface area contributed by atoms with Crippen molar-refractivity contribution in [2.24, 2.45) is 0 Å². The largest absolute Gasteiger partial charge is 0.391 e. The summed E-state index contributed by atoms with van der Waals surface area (Å²) in [6.45, 7) is 6.39. The molecule has 0 spiro atoms. The minimum absolute atomic E-state index is 0.0733. The van der Waals surface area contributed by atoms with Crippen LogP contribution in [0.5, 0.6) is 0 Å². The van der Waals surface area contributed by atoms with E-state index in [1.54, 1.807) is 17.0 Å². The second kappa shape index (κ2) is 13.3. The number of likely N-dealkylation sites (tertiary alicyclic amines) is 1. The third-order valence-electron chi connectivity index (χ3n) is 8.94. The van der Waals surface area contributed by atoms with E-state index in [4.69, 9.17) is 19.9 Å². The number of nitrogens with zero attached hydrogens (tertiary/aromatic N) is 10. The van der Waals surface area contributed by atoms with Gasteiger partial charge in [0.05, 0.1) is 18.3 Å². The third kappa shape index (κ3) is 6.19. The lowest BCUT2D eigenvalue weighted by Crippen LogP contribution is -2.50. The Labute approximate surface area is 281 Å². The van der Waals surface area contributed by atoms with E-state index in [1.807, 2.05) is 47.1 Å². The second-order valence-electron chi connectivity index (χ2n) is 12.1. The van der Waals surface area contributed by atoms with E-state index in [2.05, 4.69) is 22.8 Å². The highest BCUT2D eigenvalue weighted by Gasteiger charge is 2.28. The maximum Gasteiger partial charge on any atom is 0.236 e. The number of aliphatic hydroxyl groups excluding tert-OH is 1. The van der Waals surface area contributed by atoms with Crippen molar-refractivity contribution < 1.29 is 14.3 Å². The molecule has 6 heterocycles. The van der Waals surface area contributed by atoms with Gasteiger partial charge in [0.2, 0.25) is 11.9 Å². The molecule has 14 heteroatoms. The van der Waals surface area contributed by atoms with Crippen molar-refractivity contribution in [3.63, 3.8) is 0 Å². The number of β-amino-alcohol motifs (C(OH)–C–C–N with tert-alkyl or cyclic N) is 1. The van der Waals surface area contributed by atoms with Crippen molar-refractivity contribution in [3.05, 3.63) is 71.4 Å². The Bertz CT molecular complexity index is 1980. The van der Waals surface area contributed by atoms with Crippen LogP contribution in [0.3, 0.4) is 0 Å². The SMILES string of the molecule is CCc1nc2ccc(-c3cnc(N4CCN(CC(=O)N5CCC(O)C5)CC4)nc3)cn2c1N(C)c1nc(-c2ccc(F)cc2)c(C#N)s1. The van der Waals surface area contributed by atoms with E-state index in [0.29, 0.717) is 59.7 Å². The number of fused-ring (bicyclic) bond motifs is 1. The lowest BCUT2D eigenvalue weighted by Gasteiger charge is -2.35. The molecule has 1 aromatic carbocycles. The van der Waals surface area contributed by atoms with Gasteiger partial charge in [-0.15, -0.1) is 0 Å². The molecule has 0 bridgehead atoms. The number of hydrogen-bond acceptors (Lipinski definition) is 11. The topological polar surface area (TPSA) is 130 Å². The molecule has 5 aromatic rings. The Kier molecular flexibility index (Phi) is 8.74. The van der Waals surface area contributed by atoms with E-state index in [9.17, 15) is 19.6 Å². The molecule has 2 aliphatic rings. The molecular weight excluding hydrogens is 632 g/mol. The maximum atomic E-state index is 13.6. The van der Waals surface area contributed by atoms with E-state index < -0.39 is 6.10 Å². The number of benzene rings is 1. The number of thiazole rings is 1. The highest BCUT2D eigenvalue weighted by molar-refractivity contribution is 7.16. The first-order valence-electron chi connectivity index (χ1n) is 16.0. The predicted molar refractivity (Wildman–Crippen MR) is 182 cm³/mol. The fraction of sp³-hybridized carbons (Fsp3) is 0.353. The van der Waals surface area contributed by atoms with Crippen molar-refractivity contribution in [2.45, 2.75) is 25.9 Å². The number of anilines is 3. The molecule has 0 saturated carbocycles. The quantitative estimate of drug-likeness (QED) is 0.260. The Balaban J connectivity index is 1.08. The van der Waals surface area contributed by atoms with Gasteiger partial charge in [0.1, 0.15) is 33.9 Å². The lowest BCUT2D eigenvalue weighted by atomic mass is 10.1. The number of nitriles is 1. The van der Waals surface area contributed by atoms with Gasteiger partial charge in [0, 0.05) is 81.6 Å². The highest BCUT2D eigenvalue weighted by atomic mass is 32.1. The zero-order valence-electron chi connectivity index (χ0n) is 26.8. The van der Waals surface area contributed by atoms with E-state index >= 15 is 0 Å². The van der Waals surface area contributed by atoms with Crippen molar-refractivity contribution in [1.29, 1.82) is 5.26 Å². The van der Waals surface area contributed by atoms with E-state index in [-0.39, 0.29) is 11.7 Å². The maximum absolute atomic E-state index is 13.6. The van der Waals surface area contributed by atoms with Crippen molar-refractivity contribution in [1.82, 2.24) is 34.1 Å². The van der Waals surface area contributed by atoms with Crippen LogP contribution in [0.2, 0.25) is 0 Å². The molecule has 1 atom stereocenters. The zero-order chi connectivity index (χ0) is 33.4. The van der Waals surface area contributed by atoms with Crippen molar-refractivity contribution in [2.75, 3.05) is 62.7 Å². The van der Waals surface area contributed by atoms with E-state index in [0.717, 1.165) is 54.5 Å². The van der Waals surface area contributed by atoms with Crippen molar-refractivity contribution in [3.8, 4) is 28.5 Å². The van der Waals surface area contributed by atoms with E-state index in [1.165, 1.54) is 23.5 Å². The zero-order valence-corrected chi connectivity index (χ0v) is 27.6. The number of hydrogen-bond donors (Lipinski definition) is 1. The molecule has 4 aromatic heterocycles. The van der Waals surface area contributed by atoms with Crippen LogP contribution in [-0.2, 0) is 11.2 Å². The summed E-state index contributed by atoms with van der Waals surface area (Å²) in [7, 11) is 1.91. The number of rotatable bonds is 8. The van der Waals surface area contributed by atoms with Crippen LogP contribution in [0, 0.1) is 17.1 Å². The molecule has 12 nitrogen and oxygen atoms in total. The number of aromatic nitrogens is 5. The number of pyridine rings is 1. The minimum atomic E-state index is -0.407. The monoisotopic (exact) mass is 666 g/mol. The summed E-state index contributed by atoms with van der Waals surface area (Å²) in [5.74, 6) is 1.22. The fourth-order valence-electron chi connectivity index (χ4n) is 6.27. The van der Waals surface area contributed by atoms with Gasteiger partial charge in [0.25, 0.3) is 0 Å². The number of imidazole rings is 1. The average molecular weight is 667 g/mol. The molecule has 7 rings (SSSR count). The second-order valence-corrected chi connectivity index (χ2v) is 13.0. The van der Waals surface area contributed by atoms with Crippen LogP contribution >= 0.6 is 11.3 Å². The molecular formula is C34H35FN10O2S. The van der Waals surface area contributed by atoms with Gasteiger partial charge in [-0.2, -0.15) is 5.26 Å². The van der Waals surface area contributed by atoms with Crippen LogP contribution in [0.25, 0.3) is 28.0 Å².